The Bertz CT molecular complexity index is 316. The van der Waals surface area contributed by atoms with Crippen molar-refractivity contribution in [2.24, 2.45) is 0 Å². The molecule has 0 aliphatic rings. The van der Waals surface area contributed by atoms with Crippen LogP contribution in [0, 0.1) is 0 Å². The molecule has 0 heterocycles. The van der Waals surface area contributed by atoms with Gasteiger partial charge in [-0.15, -0.1) is 0 Å². The average molecular weight is 276 g/mol. The van der Waals surface area contributed by atoms with E-state index in [1.54, 1.807) is 21.3 Å². The van der Waals surface area contributed by atoms with Gasteiger partial charge in [-0.05, 0) is 12.1 Å². The van der Waals surface area contributed by atoms with Gasteiger partial charge in [0, 0.05) is 11.5 Å². The molecule has 15 heavy (non-hydrogen) atoms. The van der Waals surface area contributed by atoms with Crippen LogP contribution in [0.25, 0.3) is 0 Å². The van der Waals surface area contributed by atoms with E-state index in [2.05, 4.69) is 15.9 Å². The van der Waals surface area contributed by atoms with E-state index >= 15 is 0 Å². The third-order valence-electron chi connectivity index (χ3n) is 1.96. The standard InChI is InChI=1S/C10H14BrNO3/c1-12(13)6-8-9(14-2)4-7(11)5-10(8)15-3/h4-5,13H,6H2,1-3H3. The topological polar surface area (TPSA) is 41.9 Å². The molecule has 0 aliphatic carbocycles. The normalized spacial score (nSPS) is 10.5. The SMILES string of the molecule is COc1cc(Br)cc(OC)c1CN(C)O. The molecule has 0 unspecified atom stereocenters. The van der Waals surface area contributed by atoms with Crippen molar-refractivity contribution in [3.8, 4) is 11.5 Å². The van der Waals surface area contributed by atoms with E-state index in [0.29, 0.717) is 18.0 Å². The maximum atomic E-state index is 9.23. The average Bonchev–Trinajstić information content (AvgIpc) is 2.19. The van der Waals surface area contributed by atoms with Gasteiger partial charge in [-0.1, -0.05) is 15.9 Å². The Labute approximate surface area is 97.5 Å². The number of rotatable bonds is 4. The van der Waals surface area contributed by atoms with Gasteiger partial charge in [0.1, 0.15) is 11.5 Å². The molecule has 0 aliphatic heterocycles. The number of hydrogen-bond acceptors (Lipinski definition) is 4. The Morgan fingerprint density at radius 2 is 1.73 bits per heavy atom. The molecule has 0 amide bonds. The molecule has 84 valence electrons. The van der Waals surface area contributed by atoms with Crippen molar-refractivity contribution in [1.29, 1.82) is 0 Å². The highest BCUT2D eigenvalue weighted by atomic mass is 79.9. The highest BCUT2D eigenvalue weighted by molar-refractivity contribution is 9.10. The van der Waals surface area contributed by atoms with Crippen LogP contribution in [-0.4, -0.2) is 31.5 Å². The second-order valence-electron chi connectivity index (χ2n) is 3.10. The first-order valence-electron chi connectivity index (χ1n) is 4.39. The van der Waals surface area contributed by atoms with Crippen molar-refractivity contribution in [2.45, 2.75) is 6.54 Å². The summed E-state index contributed by atoms with van der Waals surface area (Å²) in [5, 5.41) is 10.3. The van der Waals surface area contributed by atoms with Gasteiger partial charge in [-0.2, -0.15) is 5.06 Å². The summed E-state index contributed by atoms with van der Waals surface area (Å²) in [6.45, 7) is 0.347. The molecular weight excluding hydrogens is 262 g/mol. The minimum Gasteiger partial charge on any atom is -0.496 e. The second-order valence-corrected chi connectivity index (χ2v) is 4.02. The van der Waals surface area contributed by atoms with E-state index in [-0.39, 0.29) is 0 Å². The molecule has 0 aromatic heterocycles. The summed E-state index contributed by atoms with van der Waals surface area (Å²) in [5.41, 5.74) is 0.813. The molecule has 5 heteroatoms. The zero-order chi connectivity index (χ0) is 11.4. The fourth-order valence-corrected chi connectivity index (χ4v) is 1.75. The summed E-state index contributed by atoms with van der Waals surface area (Å²) in [5.74, 6) is 1.37. The first kappa shape index (κ1) is 12.3. The number of ether oxygens (including phenoxy) is 2. The van der Waals surface area contributed by atoms with Crippen LogP contribution in [0.4, 0.5) is 0 Å². The van der Waals surface area contributed by atoms with E-state index < -0.39 is 0 Å². The summed E-state index contributed by atoms with van der Waals surface area (Å²) in [4.78, 5) is 0. The molecule has 0 radical (unpaired) electrons. The van der Waals surface area contributed by atoms with Crippen LogP contribution in [0.15, 0.2) is 16.6 Å². The lowest BCUT2D eigenvalue weighted by atomic mass is 10.1. The van der Waals surface area contributed by atoms with Crippen LogP contribution in [0.1, 0.15) is 5.56 Å². The number of halogens is 1. The number of hydrogen-bond donors (Lipinski definition) is 1. The highest BCUT2D eigenvalue weighted by Gasteiger charge is 2.12. The predicted octanol–water partition coefficient (Wildman–Crippen LogP) is 2.29. The van der Waals surface area contributed by atoms with Crippen LogP contribution in [0.2, 0.25) is 0 Å². The third kappa shape index (κ3) is 3.09. The molecule has 0 spiro atoms. The largest absolute Gasteiger partial charge is 0.496 e. The Balaban J connectivity index is 3.18. The summed E-state index contributed by atoms with van der Waals surface area (Å²) < 4.78 is 11.3. The minimum absolute atomic E-state index is 0.347. The van der Waals surface area contributed by atoms with Gasteiger partial charge in [0.2, 0.25) is 0 Å². The van der Waals surface area contributed by atoms with Gasteiger partial charge in [-0.3, -0.25) is 0 Å². The van der Waals surface area contributed by atoms with Gasteiger partial charge >= 0.3 is 0 Å². The van der Waals surface area contributed by atoms with E-state index in [1.807, 2.05) is 12.1 Å². The minimum atomic E-state index is 0.347. The quantitative estimate of drug-likeness (QED) is 0.857. The summed E-state index contributed by atoms with van der Waals surface area (Å²) in [7, 11) is 4.74. The molecule has 1 aromatic carbocycles. The summed E-state index contributed by atoms with van der Waals surface area (Å²) >= 11 is 3.36. The Hall–Kier alpha value is -0.780. The summed E-state index contributed by atoms with van der Waals surface area (Å²) in [6.07, 6.45) is 0. The first-order valence-corrected chi connectivity index (χ1v) is 5.18. The Morgan fingerprint density at radius 3 is 2.07 bits per heavy atom. The van der Waals surface area contributed by atoms with Crippen LogP contribution in [-0.2, 0) is 6.54 Å². The van der Waals surface area contributed by atoms with Gasteiger partial charge in [0.15, 0.2) is 0 Å². The van der Waals surface area contributed by atoms with Crippen LogP contribution in [0.3, 0.4) is 0 Å². The van der Waals surface area contributed by atoms with Crippen LogP contribution >= 0.6 is 15.9 Å². The lowest BCUT2D eigenvalue weighted by molar-refractivity contribution is -0.0739. The molecule has 0 saturated heterocycles. The molecule has 0 saturated carbocycles. The van der Waals surface area contributed by atoms with Gasteiger partial charge in [0.05, 0.1) is 26.3 Å². The molecular formula is C10H14BrNO3. The van der Waals surface area contributed by atoms with Crippen molar-refractivity contribution in [2.75, 3.05) is 21.3 Å². The van der Waals surface area contributed by atoms with Gasteiger partial charge in [0.25, 0.3) is 0 Å². The molecule has 1 rings (SSSR count). The molecule has 1 aromatic rings. The van der Waals surface area contributed by atoms with Crippen LogP contribution < -0.4 is 9.47 Å². The van der Waals surface area contributed by atoms with E-state index in [1.165, 1.54) is 0 Å². The predicted molar refractivity (Wildman–Crippen MR) is 60.5 cm³/mol. The molecule has 0 bridgehead atoms. The fraction of sp³-hybridized carbons (Fsp3) is 0.400. The van der Waals surface area contributed by atoms with Crippen molar-refractivity contribution in [1.82, 2.24) is 5.06 Å². The molecule has 1 N–H and O–H groups in total. The first-order chi connectivity index (χ1) is 7.08. The number of benzene rings is 1. The number of methoxy groups -OCH3 is 2. The maximum Gasteiger partial charge on any atom is 0.128 e. The van der Waals surface area contributed by atoms with Gasteiger partial charge < -0.3 is 14.7 Å². The Morgan fingerprint density at radius 1 is 1.27 bits per heavy atom. The lowest BCUT2D eigenvalue weighted by Gasteiger charge is -2.16. The fourth-order valence-electron chi connectivity index (χ4n) is 1.34. The smallest absolute Gasteiger partial charge is 0.128 e. The van der Waals surface area contributed by atoms with Crippen molar-refractivity contribution in [3.05, 3.63) is 22.2 Å². The number of nitrogens with zero attached hydrogens (tertiary/aromatic N) is 1. The molecule has 0 atom stereocenters. The maximum absolute atomic E-state index is 9.23. The lowest BCUT2D eigenvalue weighted by Crippen LogP contribution is -2.13. The van der Waals surface area contributed by atoms with Crippen molar-refractivity contribution in [3.63, 3.8) is 0 Å². The Kier molecular flexibility index (Phi) is 4.38. The van der Waals surface area contributed by atoms with E-state index in [4.69, 9.17) is 9.47 Å². The molecule has 4 nitrogen and oxygen atoms in total. The van der Waals surface area contributed by atoms with E-state index in [0.717, 1.165) is 15.1 Å². The second kappa shape index (κ2) is 5.34. The number of hydroxylamine groups is 2. The monoisotopic (exact) mass is 275 g/mol. The zero-order valence-electron chi connectivity index (χ0n) is 8.95. The van der Waals surface area contributed by atoms with Crippen molar-refractivity contribution < 1.29 is 14.7 Å². The van der Waals surface area contributed by atoms with Crippen LogP contribution in [0.5, 0.6) is 11.5 Å². The van der Waals surface area contributed by atoms with Gasteiger partial charge in [-0.25, -0.2) is 0 Å². The van der Waals surface area contributed by atoms with Crippen molar-refractivity contribution >= 4 is 15.9 Å². The van der Waals surface area contributed by atoms with E-state index in [9.17, 15) is 5.21 Å². The zero-order valence-corrected chi connectivity index (χ0v) is 10.5. The third-order valence-corrected chi connectivity index (χ3v) is 2.42. The highest BCUT2D eigenvalue weighted by Crippen LogP contribution is 2.33. The molecule has 0 fully saturated rings. The summed E-state index contributed by atoms with van der Waals surface area (Å²) in [6, 6.07) is 3.67.